The smallest absolute Gasteiger partial charge is 0.219 e. The zero-order chi connectivity index (χ0) is 13.5. The number of nitrogen functional groups attached to an aromatic ring is 1. The lowest BCUT2D eigenvalue weighted by Crippen LogP contribution is -2.45. The van der Waals surface area contributed by atoms with E-state index in [1.54, 1.807) is 6.92 Å². The third kappa shape index (κ3) is 4.67. The van der Waals surface area contributed by atoms with Crippen LogP contribution >= 0.6 is 0 Å². The van der Waals surface area contributed by atoms with Gasteiger partial charge in [0, 0.05) is 38.8 Å². The number of benzene rings is 1. The van der Waals surface area contributed by atoms with Crippen LogP contribution in [0.25, 0.3) is 0 Å². The van der Waals surface area contributed by atoms with Gasteiger partial charge in [-0.3, -0.25) is 4.79 Å². The Kier molecular flexibility index (Phi) is 5.51. The number of anilines is 1. The van der Waals surface area contributed by atoms with Gasteiger partial charge in [-0.1, -0.05) is 0 Å². The third-order valence-corrected chi connectivity index (χ3v) is 2.51. The minimum absolute atomic E-state index is 0.191. The van der Waals surface area contributed by atoms with E-state index in [0.717, 1.165) is 38.3 Å². The molecule has 0 spiro atoms. The quantitative estimate of drug-likeness (QED) is 0.681. The van der Waals surface area contributed by atoms with Gasteiger partial charge in [0.15, 0.2) is 11.6 Å². The topological polar surface area (TPSA) is 58.4 Å². The van der Waals surface area contributed by atoms with E-state index >= 15 is 0 Å². The standard InChI is InChI=1S/C6H5F2N.C6H12N2O/c7-5-2-1-4(9)3-6(5)8;1-6(9)8-4-2-7-3-5-8/h1-3H,9H2;7H,2-5H2,1H3. The van der Waals surface area contributed by atoms with E-state index in [9.17, 15) is 13.6 Å². The zero-order valence-corrected chi connectivity index (χ0v) is 10.2. The first-order valence-corrected chi connectivity index (χ1v) is 5.67. The lowest BCUT2D eigenvalue weighted by molar-refractivity contribution is -0.129. The van der Waals surface area contributed by atoms with Crippen molar-refractivity contribution in [2.24, 2.45) is 0 Å². The van der Waals surface area contributed by atoms with Gasteiger partial charge in [-0.25, -0.2) is 8.78 Å². The van der Waals surface area contributed by atoms with Crippen LogP contribution < -0.4 is 11.1 Å². The minimum Gasteiger partial charge on any atom is -0.399 e. The van der Waals surface area contributed by atoms with Crippen LogP contribution in [0, 0.1) is 11.6 Å². The summed E-state index contributed by atoms with van der Waals surface area (Å²) in [7, 11) is 0. The summed E-state index contributed by atoms with van der Waals surface area (Å²) in [6.45, 7) is 5.25. The van der Waals surface area contributed by atoms with Gasteiger partial charge in [-0.05, 0) is 18.2 Å². The van der Waals surface area contributed by atoms with E-state index in [0.29, 0.717) is 0 Å². The number of halogens is 2. The molecule has 1 aromatic carbocycles. The van der Waals surface area contributed by atoms with Crippen molar-refractivity contribution in [3.8, 4) is 0 Å². The molecule has 1 saturated heterocycles. The SMILES string of the molecule is CC(=O)N1CCNCC1.Nc1ccc(F)c(F)c1. The van der Waals surface area contributed by atoms with Gasteiger partial charge in [0.1, 0.15) is 0 Å². The van der Waals surface area contributed by atoms with Crippen molar-refractivity contribution < 1.29 is 13.6 Å². The molecule has 100 valence electrons. The first-order chi connectivity index (χ1) is 8.50. The van der Waals surface area contributed by atoms with E-state index in [-0.39, 0.29) is 11.6 Å². The van der Waals surface area contributed by atoms with E-state index in [2.05, 4.69) is 5.32 Å². The highest BCUT2D eigenvalue weighted by molar-refractivity contribution is 5.73. The van der Waals surface area contributed by atoms with Gasteiger partial charge < -0.3 is 16.0 Å². The summed E-state index contributed by atoms with van der Waals surface area (Å²) in [5.74, 6) is -1.59. The largest absolute Gasteiger partial charge is 0.399 e. The van der Waals surface area contributed by atoms with E-state index in [1.165, 1.54) is 6.07 Å². The fourth-order valence-corrected chi connectivity index (χ4v) is 1.49. The molecular formula is C12H17F2N3O. The van der Waals surface area contributed by atoms with Crippen LogP contribution in [0.3, 0.4) is 0 Å². The number of amides is 1. The van der Waals surface area contributed by atoms with Crippen molar-refractivity contribution in [2.75, 3.05) is 31.9 Å². The number of nitrogens with two attached hydrogens (primary N) is 1. The summed E-state index contributed by atoms with van der Waals surface area (Å²) >= 11 is 0. The lowest BCUT2D eigenvalue weighted by atomic mass is 10.3. The molecule has 0 unspecified atom stereocenters. The first-order valence-electron chi connectivity index (χ1n) is 5.67. The fourth-order valence-electron chi connectivity index (χ4n) is 1.49. The number of carbonyl (C=O) groups is 1. The summed E-state index contributed by atoms with van der Waals surface area (Å²) in [5, 5.41) is 3.18. The van der Waals surface area contributed by atoms with Crippen LogP contribution in [0.5, 0.6) is 0 Å². The molecule has 0 atom stereocenters. The number of nitrogens with zero attached hydrogens (tertiary/aromatic N) is 1. The van der Waals surface area contributed by atoms with E-state index < -0.39 is 11.6 Å². The molecule has 1 fully saturated rings. The average molecular weight is 257 g/mol. The van der Waals surface area contributed by atoms with Gasteiger partial charge in [-0.15, -0.1) is 0 Å². The Hall–Kier alpha value is -1.69. The number of piperazine rings is 1. The highest BCUT2D eigenvalue weighted by atomic mass is 19.2. The maximum Gasteiger partial charge on any atom is 0.219 e. The zero-order valence-electron chi connectivity index (χ0n) is 10.2. The summed E-state index contributed by atoms with van der Waals surface area (Å²) in [6.07, 6.45) is 0. The predicted octanol–water partition coefficient (Wildman–Crippen LogP) is 0.985. The molecule has 1 aromatic rings. The van der Waals surface area contributed by atoms with Gasteiger partial charge >= 0.3 is 0 Å². The molecule has 18 heavy (non-hydrogen) atoms. The number of rotatable bonds is 0. The average Bonchev–Trinajstić information content (AvgIpc) is 2.36. The Morgan fingerprint density at radius 1 is 1.28 bits per heavy atom. The highest BCUT2D eigenvalue weighted by Gasteiger charge is 2.10. The number of hydrogen-bond donors (Lipinski definition) is 2. The van der Waals surface area contributed by atoms with Crippen molar-refractivity contribution in [1.82, 2.24) is 10.2 Å². The van der Waals surface area contributed by atoms with E-state index in [1.807, 2.05) is 4.90 Å². The fraction of sp³-hybridized carbons (Fsp3) is 0.417. The molecule has 0 aliphatic carbocycles. The summed E-state index contributed by atoms with van der Waals surface area (Å²) in [6, 6.07) is 3.23. The Morgan fingerprint density at radius 2 is 1.89 bits per heavy atom. The van der Waals surface area contributed by atoms with Crippen molar-refractivity contribution in [1.29, 1.82) is 0 Å². The minimum atomic E-state index is -0.907. The third-order valence-electron chi connectivity index (χ3n) is 2.51. The highest BCUT2D eigenvalue weighted by Crippen LogP contribution is 2.08. The van der Waals surface area contributed by atoms with Crippen LogP contribution in [0.4, 0.5) is 14.5 Å². The molecule has 1 aliphatic heterocycles. The monoisotopic (exact) mass is 257 g/mol. The molecule has 0 radical (unpaired) electrons. The molecule has 2 rings (SSSR count). The van der Waals surface area contributed by atoms with Crippen LogP contribution in [-0.4, -0.2) is 37.0 Å². The molecule has 1 aliphatic rings. The van der Waals surface area contributed by atoms with Gasteiger partial charge in [-0.2, -0.15) is 0 Å². The van der Waals surface area contributed by atoms with Crippen LogP contribution in [0.1, 0.15) is 6.92 Å². The second-order valence-corrected chi connectivity index (χ2v) is 3.93. The number of nitrogens with one attached hydrogen (secondary N) is 1. The molecule has 1 heterocycles. The van der Waals surface area contributed by atoms with Gasteiger partial charge in [0.2, 0.25) is 5.91 Å². The number of carbonyl (C=O) groups excluding carboxylic acids is 1. The number of hydrogen-bond acceptors (Lipinski definition) is 3. The summed E-state index contributed by atoms with van der Waals surface area (Å²) < 4.78 is 24.2. The van der Waals surface area contributed by atoms with Crippen LogP contribution in [0.2, 0.25) is 0 Å². The summed E-state index contributed by atoms with van der Waals surface area (Å²) in [5.41, 5.74) is 5.35. The maximum atomic E-state index is 12.1. The van der Waals surface area contributed by atoms with Gasteiger partial charge in [0.25, 0.3) is 0 Å². The second-order valence-electron chi connectivity index (χ2n) is 3.93. The van der Waals surface area contributed by atoms with Crippen LogP contribution in [-0.2, 0) is 4.79 Å². The molecule has 0 bridgehead atoms. The van der Waals surface area contributed by atoms with Crippen molar-refractivity contribution in [3.63, 3.8) is 0 Å². The molecular weight excluding hydrogens is 240 g/mol. The van der Waals surface area contributed by atoms with Crippen molar-refractivity contribution in [2.45, 2.75) is 6.92 Å². The first kappa shape index (κ1) is 14.4. The predicted molar refractivity (Wildman–Crippen MR) is 65.9 cm³/mol. The molecule has 6 heteroatoms. The van der Waals surface area contributed by atoms with E-state index in [4.69, 9.17) is 5.73 Å². The van der Waals surface area contributed by atoms with Crippen LogP contribution in [0.15, 0.2) is 18.2 Å². The Morgan fingerprint density at radius 3 is 2.28 bits per heavy atom. The lowest BCUT2D eigenvalue weighted by Gasteiger charge is -2.25. The van der Waals surface area contributed by atoms with Gasteiger partial charge in [0.05, 0.1) is 0 Å². The molecule has 0 aromatic heterocycles. The Bertz CT molecular complexity index is 406. The molecule has 3 N–H and O–H groups in total. The Balaban J connectivity index is 0.000000180. The summed E-state index contributed by atoms with van der Waals surface area (Å²) in [4.78, 5) is 12.6. The Labute approximate surface area is 105 Å². The molecule has 1 amide bonds. The van der Waals surface area contributed by atoms with Crippen molar-refractivity contribution >= 4 is 11.6 Å². The molecule has 0 saturated carbocycles. The second kappa shape index (κ2) is 6.90. The normalized spacial score (nSPS) is 14.7. The van der Waals surface area contributed by atoms with Crippen molar-refractivity contribution in [3.05, 3.63) is 29.8 Å². The molecule has 4 nitrogen and oxygen atoms in total. The maximum absolute atomic E-state index is 12.1.